The normalized spacial score (nSPS) is 11.8. The molecule has 0 fully saturated rings. The Hall–Kier alpha value is -3.70. The van der Waals surface area contributed by atoms with Crippen LogP contribution < -0.4 is 5.43 Å². The van der Waals surface area contributed by atoms with E-state index in [1.165, 1.54) is 11.3 Å². The van der Waals surface area contributed by atoms with E-state index in [0.29, 0.717) is 21.4 Å². The van der Waals surface area contributed by atoms with Gasteiger partial charge in [-0.1, -0.05) is 45.0 Å². The zero-order chi connectivity index (χ0) is 26.5. The fourth-order valence-electron chi connectivity index (χ4n) is 3.54. The van der Waals surface area contributed by atoms with Gasteiger partial charge in [0.05, 0.1) is 40.6 Å². The van der Waals surface area contributed by atoms with Crippen molar-refractivity contribution >= 4 is 54.8 Å². The number of benzene rings is 2. The maximum absolute atomic E-state index is 12.7. The summed E-state index contributed by atoms with van der Waals surface area (Å²) in [5.74, 6) is -0.498. The third kappa shape index (κ3) is 6.17. The van der Waals surface area contributed by atoms with Gasteiger partial charge in [-0.15, -0.1) is 10.2 Å². The van der Waals surface area contributed by atoms with Crippen molar-refractivity contribution in [3.05, 3.63) is 81.2 Å². The summed E-state index contributed by atoms with van der Waals surface area (Å²) < 4.78 is 7.98. The molecule has 2 aromatic heterocycles. The lowest BCUT2D eigenvalue weighted by Crippen LogP contribution is -2.11. The van der Waals surface area contributed by atoms with Crippen LogP contribution in [0.5, 0.6) is 0 Å². The molecule has 0 amide bonds. The molecule has 0 aliphatic carbocycles. The lowest BCUT2D eigenvalue weighted by molar-refractivity contribution is 0.0518. The predicted octanol–water partition coefficient (Wildman–Crippen LogP) is 7.44. The summed E-state index contributed by atoms with van der Waals surface area (Å²) in [5.41, 5.74) is 8.61. The number of anilines is 1. The van der Waals surface area contributed by atoms with Crippen LogP contribution in [0.3, 0.4) is 0 Å². The predicted molar refractivity (Wildman–Crippen MR) is 150 cm³/mol. The molecule has 11 heteroatoms. The van der Waals surface area contributed by atoms with Gasteiger partial charge in [0.25, 0.3) is 0 Å². The molecule has 2 aromatic carbocycles. The number of carbonyl (C=O) groups excluding carboxylic acids is 1. The lowest BCUT2D eigenvalue weighted by atomic mass is 10.1. The van der Waals surface area contributed by atoms with Gasteiger partial charge >= 0.3 is 5.97 Å². The maximum atomic E-state index is 12.7. The molecule has 0 radical (unpaired) electrons. The Morgan fingerprint density at radius 1 is 1.08 bits per heavy atom. The number of halogens is 1. The molecule has 0 aliphatic rings. The number of azo groups is 1. The number of hydrogen-bond acceptors (Lipinski definition) is 9. The standard InChI is InChI=1S/C26H26BrN7O2S/c1-6-36-25(35)23-22(18(5)34(33-23)21-13-7-15(2)8-14-21)16(3)29-32-26-28-17(4)24(37-26)31-30-20-11-9-19(27)10-12-20/h7-14H,6H2,1-5H3,(H,28,32)/b29-16+,31-30?. The Bertz CT molecular complexity index is 1470. The van der Waals surface area contributed by atoms with Gasteiger partial charge in [-0.3, -0.25) is 5.43 Å². The smallest absolute Gasteiger partial charge is 0.359 e. The molecule has 0 saturated carbocycles. The molecule has 4 aromatic rings. The topological polar surface area (TPSA) is 106 Å². The Morgan fingerprint density at radius 2 is 1.78 bits per heavy atom. The SMILES string of the molecule is CCOC(=O)c1nn(-c2ccc(C)cc2)c(C)c1/C(C)=N/Nc1nc(C)c(N=Nc2ccc(Br)cc2)s1. The van der Waals surface area contributed by atoms with Crippen LogP contribution in [0.4, 0.5) is 15.8 Å². The van der Waals surface area contributed by atoms with E-state index in [1.54, 1.807) is 11.6 Å². The van der Waals surface area contributed by atoms with Crippen molar-refractivity contribution in [1.82, 2.24) is 14.8 Å². The number of nitrogens with one attached hydrogen (secondary N) is 1. The first-order valence-electron chi connectivity index (χ1n) is 11.6. The van der Waals surface area contributed by atoms with Gasteiger partial charge in [0.15, 0.2) is 10.7 Å². The van der Waals surface area contributed by atoms with Crippen LogP contribution >= 0.6 is 27.3 Å². The van der Waals surface area contributed by atoms with E-state index < -0.39 is 5.97 Å². The van der Waals surface area contributed by atoms with Crippen molar-refractivity contribution < 1.29 is 9.53 Å². The third-order valence-electron chi connectivity index (χ3n) is 5.40. The van der Waals surface area contributed by atoms with Gasteiger partial charge < -0.3 is 4.74 Å². The number of hydrazone groups is 1. The highest BCUT2D eigenvalue weighted by atomic mass is 79.9. The molecule has 190 valence electrons. The quantitative estimate of drug-likeness (QED) is 0.101. The summed E-state index contributed by atoms with van der Waals surface area (Å²) in [4.78, 5) is 17.2. The number of aromatic nitrogens is 3. The first-order valence-corrected chi connectivity index (χ1v) is 13.2. The minimum absolute atomic E-state index is 0.210. The van der Waals surface area contributed by atoms with Crippen molar-refractivity contribution in [2.45, 2.75) is 34.6 Å². The van der Waals surface area contributed by atoms with Crippen LogP contribution in [0.1, 0.15) is 46.9 Å². The Kier molecular flexibility index (Phi) is 8.24. The van der Waals surface area contributed by atoms with Crippen LogP contribution in [0.25, 0.3) is 5.69 Å². The van der Waals surface area contributed by atoms with Crippen LogP contribution in [0, 0.1) is 20.8 Å². The zero-order valence-corrected chi connectivity index (χ0v) is 23.5. The molecule has 0 saturated heterocycles. The average molecular weight is 581 g/mol. The highest BCUT2D eigenvalue weighted by Gasteiger charge is 2.24. The molecule has 1 N–H and O–H groups in total. The van der Waals surface area contributed by atoms with Crippen molar-refractivity contribution in [1.29, 1.82) is 0 Å². The fourth-order valence-corrected chi connectivity index (χ4v) is 4.54. The number of nitrogens with zero attached hydrogens (tertiary/aromatic N) is 6. The molecule has 37 heavy (non-hydrogen) atoms. The molecule has 0 bridgehead atoms. The Labute approximate surface area is 227 Å². The summed E-state index contributed by atoms with van der Waals surface area (Å²) in [6, 6.07) is 15.5. The molecule has 9 nitrogen and oxygen atoms in total. The van der Waals surface area contributed by atoms with Crippen LogP contribution in [0.15, 0.2) is 68.3 Å². The van der Waals surface area contributed by atoms with E-state index in [9.17, 15) is 4.79 Å². The monoisotopic (exact) mass is 579 g/mol. The minimum atomic E-state index is -0.498. The van der Waals surface area contributed by atoms with E-state index in [4.69, 9.17) is 4.74 Å². The first-order chi connectivity index (χ1) is 17.8. The van der Waals surface area contributed by atoms with Gasteiger partial charge in [0.2, 0.25) is 5.13 Å². The maximum Gasteiger partial charge on any atom is 0.359 e. The van der Waals surface area contributed by atoms with E-state index in [1.807, 2.05) is 76.2 Å². The first kappa shape index (κ1) is 26.4. The second-order valence-electron chi connectivity index (χ2n) is 8.17. The van der Waals surface area contributed by atoms with Crippen molar-refractivity contribution in [3.63, 3.8) is 0 Å². The van der Waals surface area contributed by atoms with E-state index in [0.717, 1.165) is 32.8 Å². The molecule has 0 unspecified atom stereocenters. The second kappa shape index (κ2) is 11.6. The molecule has 0 spiro atoms. The molecular weight excluding hydrogens is 554 g/mol. The van der Waals surface area contributed by atoms with Crippen LogP contribution in [-0.4, -0.2) is 33.1 Å². The summed E-state index contributed by atoms with van der Waals surface area (Å²) in [7, 11) is 0. The number of aryl methyl sites for hydroxylation is 2. The minimum Gasteiger partial charge on any atom is -0.461 e. The number of rotatable bonds is 8. The molecule has 0 aliphatic heterocycles. The molecule has 4 rings (SSSR count). The van der Waals surface area contributed by atoms with E-state index in [-0.39, 0.29) is 12.3 Å². The lowest BCUT2D eigenvalue weighted by Gasteiger charge is -2.06. The van der Waals surface area contributed by atoms with E-state index >= 15 is 0 Å². The summed E-state index contributed by atoms with van der Waals surface area (Å²) in [6.45, 7) is 9.61. The molecule has 2 heterocycles. The van der Waals surface area contributed by atoms with Gasteiger partial charge in [0.1, 0.15) is 0 Å². The van der Waals surface area contributed by atoms with Crippen molar-refractivity contribution in [2.24, 2.45) is 15.3 Å². The highest BCUT2D eigenvalue weighted by Crippen LogP contribution is 2.32. The number of carbonyl (C=O) groups is 1. The fraction of sp³-hybridized carbons (Fsp3) is 0.231. The highest BCUT2D eigenvalue weighted by molar-refractivity contribution is 9.10. The Morgan fingerprint density at radius 3 is 2.46 bits per heavy atom. The number of hydrogen-bond donors (Lipinski definition) is 1. The molecule has 0 atom stereocenters. The summed E-state index contributed by atoms with van der Waals surface area (Å²) in [5, 5.41) is 18.9. The average Bonchev–Trinajstić information content (AvgIpc) is 3.42. The van der Waals surface area contributed by atoms with Gasteiger partial charge in [0, 0.05) is 4.47 Å². The van der Waals surface area contributed by atoms with Crippen molar-refractivity contribution in [2.75, 3.05) is 12.0 Å². The van der Waals surface area contributed by atoms with Crippen molar-refractivity contribution in [3.8, 4) is 5.69 Å². The number of thiazole rings is 1. The summed E-state index contributed by atoms with van der Waals surface area (Å²) in [6.07, 6.45) is 0. The van der Waals surface area contributed by atoms with Gasteiger partial charge in [-0.2, -0.15) is 10.2 Å². The zero-order valence-electron chi connectivity index (χ0n) is 21.1. The third-order valence-corrected chi connectivity index (χ3v) is 6.87. The largest absolute Gasteiger partial charge is 0.461 e. The van der Waals surface area contributed by atoms with E-state index in [2.05, 4.69) is 46.8 Å². The van der Waals surface area contributed by atoms with Gasteiger partial charge in [-0.25, -0.2) is 14.5 Å². The molecular formula is C26H26BrN7O2S. The summed E-state index contributed by atoms with van der Waals surface area (Å²) >= 11 is 4.74. The second-order valence-corrected chi connectivity index (χ2v) is 10.1. The Balaban J connectivity index is 1.61. The van der Waals surface area contributed by atoms with Gasteiger partial charge in [-0.05, 0) is 71.0 Å². The number of ether oxygens (including phenoxy) is 1. The van der Waals surface area contributed by atoms with Crippen LogP contribution in [0.2, 0.25) is 0 Å². The number of esters is 1. The van der Waals surface area contributed by atoms with Crippen LogP contribution in [-0.2, 0) is 4.74 Å².